The summed E-state index contributed by atoms with van der Waals surface area (Å²) in [5.74, 6) is 0.0227. The molecular weight excluding hydrogens is 433 g/mol. The zero-order chi connectivity index (χ0) is 23.8. The number of aryl methyl sites for hydroxylation is 1. The van der Waals surface area contributed by atoms with Crippen molar-refractivity contribution >= 4 is 11.6 Å². The number of hydrogen-bond acceptors (Lipinski definition) is 5. The number of likely N-dealkylation sites (tertiary alicyclic amines) is 1. The first-order valence-corrected chi connectivity index (χ1v) is 10.7. The van der Waals surface area contributed by atoms with E-state index in [-0.39, 0.29) is 11.8 Å². The molecule has 0 bridgehead atoms. The van der Waals surface area contributed by atoms with Gasteiger partial charge in [0.05, 0.1) is 23.8 Å². The summed E-state index contributed by atoms with van der Waals surface area (Å²) < 4.78 is 46.0. The number of benzene rings is 1. The van der Waals surface area contributed by atoms with Crippen LogP contribution >= 0.6 is 0 Å². The van der Waals surface area contributed by atoms with Crippen LogP contribution in [0.3, 0.4) is 0 Å². The second-order valence-corrected chi connectivity index (χ2v) is 8.90. The molecule has 0 N–H and O–H groups in total. The number of aromatic nitrogens is 1. The van der Waals surface area contributed by atoms with Crippen LogP contribution in [-0.4, -0.2) is 55.7 Å². The number of hydrogen-bond donors (Lipinski definition) is 0. The summed E-state index contributed by atoms with van der Waals surface area (Å²) in [6.07, 6.45) is -2.29. The Labute approximate surface area is 190 Å². The number of nitriles is 1. The average Bonchev–Trinajstić information content (AvgIpc) is 3.16. The Hall–Kier alpha value is -3.12. The van der Waals surface area contributed by atoms with E-state index in [2.05, 4.69) is 4.98 Å². The molecule has 4 rings (SSSR count). The topological polar surface area (TPSA) is 69.5 Å². The molecule has 174 valence electrons. The summed E-state index contributed by atoms with van der Waals surface area (Å²) >= 11 is 0. The molecule has 2 fully saturated rings. The molecule has 1 aromatic heterocycles. The van der Waals surface area contributed by atoms with E-state index in [1.54, 1.807) is 36.4 Å². The lowest BCUT2D eigenvalue weighted by molar-refractivity contribution is -0.137. The molecule has 0 radical (unpaired) electrons. The van der Waals surface area contributed by atoms with Crippen molar-refractivity contribution in [1.29, 1.82) is 5.26 Å². The molecule has 2 aliphatic rings. The van der Waals surface area contributed by atoms with Crippen LogP contribution in [0.25, 0.3) is 0 Å². The Morgan fingerprint density at radius 2 is 2.12 bits per heavy atom. The fourth-order valence-corrected chi connectivity index (χ4v) is 5.17. The van der Waals surface area contributed by atoms with Crippen LogP contribution < -0.4 is 4.90 Å². The van der Waals surface area contributed by atoms with E-state index >= 15 is 0 Å². The van der Waals surface area contributed by atoms with Gasteiger partial charge in [-0.15, -0.1) is 0 Å². The predicted molar refractivity (Wildman–Crippen MR) is 116 cm³/mol. The first-order valence-electron chi connectivity index (χ1n) is 10.7. The van der Waals surface area contributed by atoms with E-state index in [4.69, 9.17) is 10.00 Å². The lowest BCUT2D eigenvalue weighted by Gasteiger charge is -2.43. The van der Waals surface area contributed by atoms with Crippen molar-refractivity contribution in [2.75, 3.05) is 44.8 Å². The van der Waals surface area contributed by atoms with Gasteiger partial charge in [0.2, 0.25) is 0 Å². The summed E-state index contributed by atoms with van der Waals surface area (Å²) in [5, 5.41) is 9.09. The number of alkyl halides is 3. The van der Waals surface area contributed by atoms with Gasteiger partial charge in [0.15, 0.2) is 0 Å². The summed E-state index contributed by atoms with van der Waals surface area (Å²) in [6, 6.07) is 9.10. The van der Waals surface area contributed by atoms with Crippen molar-refractivity contribution in [3.05, 3.63) is 58.9 Å². The number of anilines is 1. The van der Waals surface area contributed by atoms with Gasteiger partial charge in [-0.3, -0.25) is 9.78 Å². The molecule has 2 aliphatic heterocycles. The van der Waals surface area contributed by atoms with Gasteiger partial charge in [-0.25, -0.2) is 0 Å². The van der Waals surface area contributed by atoms with Gasteiger partial charge in [-0.1, -0.05) is 6.07 Å². The minimum atomic E-state index is -4.61. The van der Waals surface area contributed by atoms with E-state index in [1.807, 2.05) is 17.9 Å². The number of amides is 1. The number of piperidine rings is 1. The van der Waals surface area contributed by atoms with Crippen LogP contribution in [0.2, 0.25) is 0 Å². The van der Waals surface area contributed by atoms with E-state index in [0.29, 0.717) is 44.2 Å². The fourth-order valence-electron chi connectivity index (χ4n) is 5.17. The van der Waals surface area contributed by atoms with E-state index in [0.717, 1.165) is 18.1 Å². The maximum Gasteiger partial charge on any atom is 0.417 e. The quantitative estimate of drug-likeness (QED) is 0.695. The van der Waals surface area contributed by atoms with Crippen molar-refractivity contribution in [3.8, 4) is 6.07 Å². The van der Waals surface area contributed by atoms with Crippen molar-refractivity contribution in [1.82, 2.24) is 9.88 Å². The zero-order valence-electron chi connectivity index (χ0n) is 18.5. The second-order valence-electron chi connectivity index (χ2n) is 8.90. The maximum atomic E-state index is 13.5. The number of nitrogens with zero attached hydrogens (tertiary/aromatic N) is 4. The van der Waals surface area contributed by atoms with E-state index in [9.17, 15) is 18.0 Å². The maximum absolute atomic E-state index is 13.5. The molecule has 0 unspecified atom stereocenters. The Balaban J connectivity index is 1.61. The van der Waals surface area contributed by atoms with Gasteiger partial charge < -0.3 is 14.5 Å². The lowest BCUT2D eigenvalue weighted by atomic mass is 9.74. The first kappa shape index (κ1) is 23.1. The van der Waals surface area contributed by atoms with Gasteiger partial charge in [-0.05, 0) is 49.1 Å². The Bertz CT molecular complexity index is 1100. The molecule has 0 spiro atoms. The third-order valence-electron chi connectivity index (χ3n) is 6.79. The molecular formula is C24H25F3N4O2. The molecule has 2 atom stereocenters. The normalized spacial score (nSPS) is 22.7. The van der Waals surface area contributed by atoms with Crippen molar-refractivity contribution in [2.24, 2.45) is 11.3 Å². The minimum Gasteiger partial charge on any atom is -0.384 e. The third-order valence-corrected chi connectivity index (χ3v) is 6.79. The second kappa shape index (κ2) is 8.67. The van der Waals surface area contributed by atoms with Crippen LogP contribution in [-0.2, 0) is 10.9 Å². The SMILES string of the molecule is COC[C@@]12CN(C(=O)c3ncccc3C)CC[C@@H]1CN(c1ccc(C#N)c(C(F)(F)F)c1)C2. The van der Waals surface area contributed by atoms with Crippen LogP contribution in [0.15, 0.2) is 36.5 Å². The van der Waals surface area contributed by atoms with Gasteiger partial charge in [0.25, 0.3) is 5.91 Å². The molecule has 6 nitrogen and oxygen atoms in total. The summed E-state index contributed by atoms with van der Waals surface area (Å²) in [4.78, 5) is 21.1. The van der Waals surface area contributed by atoms with Crippen LogP contribution in [0.5, 0.6) is 0 Å². The number of carbonyl (C=O) groups excluding carboxylic acids is 1. The summed E-state index contributed by atoms with van der Waals surface area (Å²) in [7, 11) is 1.60. The molecule has 1 amide bonds. The van der Waals surface area contributed by atoms with Crippen LogP contribution in [0.1, 0.15) is 33.6 Å². The lowest BCUT2D eigenvalue weighted by Crippen LogP contribution is -2.53. The first-order chi connectivity index (χ1) is 15.7. The van der Waals surface area contributed by atoms with Gasteiger partial charge >= 0.3 is 6.18 Å². The molecule has 2 aromatic rings. The number of ether oxygens (including phenoxy) is 1. The number of halogens is 3. The Morgan fingerprint density at radius 1 is 1.33 bits per heavy atom. The summed E-state index contributed by atoms with van der Waals surface area (Å²) in [5.41, 5.74) is -0.0873. The van der Waals surface area contributed by atoms with Crippen LogP contribution in [0.4, 0.5) is 18.9 Å². The standard InChI is InChI=1S/C24H25F3N4O2/c1-16-4-3-8-29-21(16)22(32)30-9-7-18-12-31(14-23(18,13-30)15-33-2)19-6-5-17(11-28)20(10-19)24(25,26)27/h3-6,8,10,18H,7,9,12-15H2,1-2H3/t18-,23+/m1/s1. The molecule has 0 saturated carbocycles. The Kier molecular flexibility index (Phi) is 6.06. The highest BCUT2D eigenvalue weighted by Gasteiger charge is 2.51. The summed E-state index contributed by atoms with van der Waals surface area (Å²) in [6.45, 7) is 4.26. The van der Waals surface area contributed by atoms with Crippen molar-refractivity contribution in [3.63, 3.8) is 0 Å². The smallest absolute Gasteiger partial charge is 0.384 e. The van der Waals surface area contributed by atoms with Gasteiger partial charge in [0, 0.05) is 50.6 Å². The van der Waals surface area contributed by atoms with E-state index < -0.39 is 22.7 Å². The molecule has 3 heterocycles. The van der Waals surface area contributed by atoms with Gasteiger partial charge in [0.1, 0.15) is 5.69 Å². The monoisotopic (exact) mass is 458 g/mol. The van der Waals surface area contributed by atoms with E-state index in [1.165, 1.54) is 6.07 Å². The number of pyridine rings is 1. The highest BCUT2D eigenvalue weighted by Crippen LogP contribution is 2.45. The average molecular weight is 458 g/mol. The number of methoxy groups -OCH3 is 1. The molecule has 9 heteroatoms. The predicted octanol–water partition coefficient (Wildman–Crippen LogP) is 3.90. The number of carbonyl (C=O) groups is 1. The van der Waals surface area contributed by atoms with Gasteiger partial charge in [-0.2, -0.15) is 18.4 Å². The number of rotatable bonds is 4. The Morgan fingerprint density at radius 3 is 2.79 bits per heavy atom. The fraction of sp³-hybridized carbons (Fsp3) is 0.458. The zero-order valence-corrected chi connectivity index (χ0v) is 18.5. The third kappa shape index (κ3) is 4.27. The van der Waals surface area contributed by atoms with Crippen LogP contribution in [0, 0.1) is 29.6 Å². The largest absolute Gasteiger partial charge is 0.417 e. The molecule has 33 heavy (non-hydrogen) atoms. The van der Waals surface area contributed by atoms with Crippen molar-refractivity contribution < 1.29 is 22.7 Å². The highest BCUT2D eigenvalue weighted by molar-refractivity contribution is 5.93. The number of fused-ring (bicyclic) bond motifs is 1. The molecule has 2 saturated heterocycles. The minimum absolute atomic E-state index is 0.141. The molecule has 0 aliphatic carbocycles. The van der Waals surface area contributed by atoms with Crippen molar-refractivity contribution in [2.45, 2.75) is 19.5 Å². The highest BCUT2D eigenvalue weighted by atomic mass is 19.4. The molecule has 1 aromatic carbocycles.